The summed E-state index contributed by atoms with van der Waals surface area (Å²) in [5.41, 5.74) is 2.79. The summed E-state index contributed by atoms with van der Waals surface area (Å²) in [6.07, 6.45) is 7.99. The van der Waals surface area contributed by atoms with Gasteiger partial charge in [-0.3, -0.25) is 0 Å². The van der Waals surface area contributed by atoms with Gasteiger partial charge in [-0.25, -0.2) is 22.8 Å². The Morgan fingerprint density at radius 2 is 1.94 bits per heavy atom. The molecule has 0 radical (unpaired) electrons. The smallest absolute Gasteiger partial charge is 0.229 e. The highest BCUT2D eigenvalue weighted by Crippen LogP contribution is 2.33. The first-order valence-electron chi connectivity index (χ1n) is 11.5. The second-order valence-electron chi connectivity index (χ2n) is 8.76. The van der Waals surface area contributed by atoms with Crippen LogP contribution in [-0.2, 0) is 22.7 Å². The topological polar surface area (TPSA) is 102 Å². The Labute approximate surface area is 213 Å². The predicted octanol–water partition coefficient (Wildman–Crippen LogP) is 5.61. The van der Waals surface area contributed by atoms with Crippen LogP contribution in [0.5, 0.6) is 0 Å². The zero-order valence-electron chi connectivity index (χ0n) is 19.7. The van der Waals surface area contributed by atoms with Crippen molar-refractivity contribution in [3.63, 3.8) is 0 Å². The van der Waals surface area contributed by atoms with E-state index in [1.807, 2.05) is 18.3 Å². The molecule has 8 nitrogen and oxygen atoms in total. The normalized spacial score (nSPS) is 13.1. The summed E-state index contributed by atoms with van der Waals surface area (Å²) < 4.78 is 42.5. The summed E-state index contributed by atoms with van der Waals surface area (Å²) in [6, 6.07) is 9.89. The molecule has 2 aromatic carbocycles. The molecule has 11 heteroatoms. The van der Waals surface area contributed by atoms with Gasteiger partial charge in [0.25, 0.3) is 0 Å². The van der Waals surface area contributed by atoms with Crippen LogP contribution in [0.4, 0.5) is 27.5 Å². The molecular formula is C25H24ClFN6O2S. The van der Waals surface area contributed by atoms with Gasteiger partial charge in [-0.1, -0.05) is 23.7 Å². The molecule has 36 heavy (non-hydrogen) atoms. The molecule has 0 unspecified atom stereocenters. The number of para-hydroxylation sites is 1. The average molecular weight is 527 g/mol. The highest BCUT2D eigenvalue weighted by atomic mass is 35.5. The van der Waals surface area contributed by atoms with Crippen molar-refractivity contribution in [1.29, 1.82) is 0 Å². The first-order valence-corrected chi connectivity index (χ1v) is 13.4. The monoisotopic (exact) mass is 526 g/mol. The number of imidazole rings is 1. The summed E-state index contributed by atoms with van der Waals surface area (Å²) in [5, 5.41) is 5.31. The predicted molar refractivity (Wildman–Crippen MR) is 138 cm³/mol. The molecule has 3 heterocycles. The number of hydrogen-bond donors (Lipinski definition) is 2. The van der Waals surface area contributed by atoms with Crippen LogP contribution >= 0.6 is 11.6 Å². The number of halogens is 2. The molecule has 0 atom stereocenters. The first kappa shape index (κ1) is 24.2. The largest absolute Gasteiger partial charge is 0.335 e. The lowest BCUT2D eigenvalue weighted by Crippen LogP contribution is -2.16. The van der Waals surface area contributed by atoms with Crippen LogP contribution in [0.25, 0.3) is 5.69 Å². The number of sulfone groups is 1. The minimum atomic E-state index is -3.77. The quantitative estimate of drug-likeness (QED) is 0.336. The van der Waals surface area contributed by atoms with E-state index < -0.39 is 20.9 Å². The van der Waals surface area contributed by atoms with Crippen LogP contribution in [0, 0.1) is 5.82 Å². The molecule has 1 aliphatic rings. The number of benzene rings is 2. The lowest BCUT2D eigenvalue weighted by Gasteiger charge is -2.16. The van der Waals surface area contributed by atoms with Crippen LogP contribution < -0.4 is 10.6 Å². The molecule has 0 spiro atoms. The molecule has 1 aliphatic heterocycles. The summed E-state index contributed by atoms with van der Waals surface area (Å²) in [5.74, 6) is 0.567. The van der Waals surface area contributed by atoms with E-state index in [0.717, 1.165) is 36.5 Å². The number of anilines is 4. The molecule has 5 rings (SSSR count). The molecule has 0 fully saturated rings. The lowest BCUT2D eigenvalue weighted by molar-refractivity contribution is 0.584. The first-order chi connectivity index (χ1) is 17.2. The molecular weight excluding hydrogens is 503 g/mol. The molecule has 0 amide bonds. The minimum Gasteiger partial charge on any atom is -0.335 e. The van der Waals surface area contributed by atoms with E-state index in [1.165, 1.54) is 43.8 Å². The van der Waals surface area contributed by atoms with Gasteiger partial charge in [0.1, 0.15) is 16.7 Å². The fourth-order valence-corrected chi connectivity index (χ4v) is 5.48. The highest BCUT2D eigenvalue weighted by Gasteiger charge is 2.25. The van der Waals surface area contributed by atoms with Gasteiger partial charge in [0.2, 0.25) is 5.95 Å². The third kappa shape index (κ3) is 4.54. The minimum absolute atomic E-state index is 0.0751. The maximum absolute atomic E-state index is 14.8. The molecule has 0 saturated carbocycles. The number of aromatic nitrogens is 4. The highest BCUT2D eigenvalue weighted by molar-refractivity contribution is 7.92. The van der Waals surface area contributed by atoms with Crippen LogP contribution in [0.1, 0.15) is 31.7 Å². The number of rotatable bonds is 6. The molecule has 4 aromatic rings. The lowest BCUT2D eigenvalue weighted by atomic mass is 10.1. The summed E-state index contributed by atoms with van der Waals surface area (Å²) in [6.45, 7) is 3.08. The van der Waals surface area contributed by atoms with Gasteiger partial charge in [0.15, 0.2) is 15.7 Å². The van der Waals surface area contributed by atoms with Gasteiger partial charge in [-0.15, -0.1) is 0 Å². The second kappa shape index (κ2) is 9.51. The number of hydrogen-bond acceptors (Lipinski definition) is 7. The zero-order valence-corrected chi connectivity index (χ0v) is 21.2. The van der Waals surface area contributed by atoms with Crippen molar-refractivity contribution in [2.45, 2.75) is 43.3 Å². The Morgan fingerprint density at radius 3 is 2.75 bits per heavy atom. The van der Waals surface area contributed by atoms with E-state index >= 15 is 0 Å². The van der Waals surface area contributed by atoms with Gasteiger partial charge < -0.3 is 15.2 Å². The van der Waals surface area contributed by atoms with E-state index in [9.17, 15) is 12.8 Å². The van der Waals surface area contributed by atoms with E-state index in [2.05, 4.69) is 36.2 Å². The Balaban J connectivity index is 1.47. The van der Waals surface area contributed by atoms with Crippen molar-refractivity contribution in [3.8, 4) is 5.69 Å². The van der Waals surface area contributed by atoms with Crippen molar-refractivity contribution in [3.05, 3.63) is 77.2 Å². The summed E-state index contributed by atoms with van der Waals surface area (Å²) >= 11 is 6.29. The SMILES string of the molecule is CC(C)S(=O)(=O)c1cccc(F)c1Nc1nc(Nc2ccc3c(c2)-n2ccnc2CCC3)ncc1Cl. The van der Waals surface area contributed by atoms with E-state index in [4.69, 9.17) is 11.6 Å². The van der Waals surface area contributed by atoms with Gasteiger partial charge in [-0.05, 0) is 56.5 Å². The molecule has 0 bridgehead atoms. The maximum Gasteiger partial charge on any atom is 0.229 e. The Bertz CT molecular complexity index is 1550. The van der Waals surface area contributed by atoms with Crippen molar-refractivity contribution >= 4 is 44.6 Å². The Morgan fingerprint density at radius 1 is 1.11 bits per heavy atom. The van der Waals surface area contributed by atoms with Crippen LogP contribution in [0.3, 0.4) is 0 Å². The van der Waals surface area contributed by atoms with Gasteiger partial charge >= 0.3 is 0 Å². The second-order valence-corrected chi connectivity index (χ2v) is 11.6. The number of nitrogens with one attached hydrogen (secondary N) is 2. The zero-order chi connectivity index (χ0) is 25.4. The van der Waals surface area contributed by atoms with E-state index in [-0.39, 0.29) is 27.4 Å². The number of aryl methyl sites for hydroxylation is 2. The molecule has 2 N–H and O–H groups in total. The van der Waals surface area contributed by atoms with Crippen molar-refractivity contribution in [2.24, 2.45) is 0 Å². The van der Waals surface area contributed by atoms with Crippen molar-refractivity contribution in [1.82, 2.24) is 19.5 Å². The van der Waals surface area contributed by atoms with Gasteiger partial charge in [0, 0.05) is 24.5 Å². The Kier molecular flexibility index (Phi) is 6.40. The molecule has 0 aliphatic carbocycles. The average Bonchev–Trinajstić information content (AvgIpc) is 3.24. The van der Waals surface area contributed by atoms with E-state index in [1.54, 1.807) is 6.20 Å². The fraction of sp³-hybridized carbons (Fsp3) is 0.240. The van der Waals surface area contributed by atoms with Crippen LogP contribution in [-0.4, -0.2) is 33.2 Å². The standard InChI is InChI=1S/C25H24ClFN6O2S/c1-15(2)36(34,35)21-7-4-6-19(27)23(21)31-24-18(26)14-29-25(32-24)30-17-10-9-16-5-3-8-22-28-11-12-33(22)20(16)13-17/h4,6-7,9-15H,3,5,8H2,1-2H3,(H2,29,30,31,32). The summed E-state index contributed by atoms with van der Waals surface area (Å²) in [4.78, 5) is 12.9. The Hall–Kier alpha value is -3.50. The third-order valence-electron chi connectivity index (χ3n) is 6.05. The van der Waals surface area contributed by atoms with Gasteiger partial charge in [0.05, 0.1) is 27.7 Å². The van der Waals surface area contributed by atoms with Crippen molar-refractivity contribution in [2.75, 3.05) is 10.6 Å². The van der Waals surface area contributed by atoms with E-state index in [0.29, 0.717) is 0 Å². The van der Waals surface area contributed by atoms with Crippen LogP contribution in [0.2, 0.25) is 5.02 Å². The molecule has 186 valence electrons. The number of fused-ring (bicyclic) bond motifs is 3. The third-order valence-corrected chi connectivity index (χ3v) is 8.53. The fourth-order valence-electron chi connectivity index (χ4n) is 4.13. The summed E-state index contributed by atoms with van der Waals surface area (Å²) in [7, 11) is -3.77. The number of nitrogens with zero attached hydrogens (tertiary/aromatic N) is 4. The molecule has 0 saturated heterocycles. The molecule has 2 aromatic heterocycles. The van der Waals surface area contributed by atoms with Crippen molar-refractivity contribution < 1.29 is 12.8 Å². The van der Waals surface area contributed by atoms with Gasteiger partial charge in [-0.2, -0.15) is 4.98 Å². The van der Waals surface area contributed by atoms with Crippen LogP contribution in [0.15, 0.2) is 59.9 Å². The maximum atomic E-state index is 14.8.